The van der Waals surface area contributed by atoms with Crippen LogP contribution in [0.1, 0.15) is 52.9 Å². The van der Waals surface area contributed by atoms with Gasteiger partial charge in [-0.2, -0.15) is 0 Å². The van der Waals surface area contributed by atoms with E-state index < -0.39 is 0 Å². The second-order valence-corrected chi connectivity index (χ2v) is 13.3. The number of hydrogen-bond acceptors (Lipinski definition) is 4. The zero-order chi connectivity index (χ0) is 29.2. The molecule has 42 heavy (non-hydrogen) atoms. The van der Waals surface area contributed by atoms with Crippen LogP contribution in [0.4, 0.5) is 0 Å². The third-order valence-electron chi connectivity index (χ3n) is 8.09. The van der Waals surface area contributed by atoms with Crippen LogP contribution in [-0.4, -0.2) is 19.9 Å². The fourth-order valence-corrected chi connectivity index (χ4v) is 5.59. The third-order valence-corrected chi connectivity index (χ3v) is 8.09. The summed E-state index contributed by atoms with van der Waals surface area (Å²) in [6, 6.07) is 30.2. The van der Waals surface area contributed by atoms with Crippen LogP contribution >= 0.6 is 0 Å². The molecule has 0 aliphatic heterocycles. The van der Waals surface area contributed by atoms with E-state index >= 15 is 0 Å². The lowest BCUT2D eigenvalue weighted by molar-refractivity contribution is 0.571. The van der Waals surface area contributed by atoms with E-state index in [1.165, 1.54) is 0 Å². The molecule has 0 aliphatic carbocycles. The van der Waals surface area contributed by atoms with Crippen molar-refractivity contribution < 1.29 is 0 Å². The van der Waals surface area contributed by atoms with Crippen molar-refractivity contribution in [2.75, 3.05) is 0 Å². The maximum atomic E-state index is 5.02. The number of aromatic nitrogens is 4. The zero-order valence-electron chi connectivity index (χ0n) is 25.0. The lowest BCUT2D eigenvalue weighted by Crippen LogP contribution is -2.13. The average molecular weight is 547 g/mol. The fourth-order valence-electron chi connectivity index (χ4n) is 5.59. The number of nitrogens with zero attached hydrogens (tertiary/aromatic N) is 4. The number of benzene rings is 3. The van der Waals surface area contributed by atoms with Crippen molar-refractivity contribution in [2.45, 2.75) is 52.4 Å². The van der Waals surface area contributed by atoms with Gasteiger partial charge in [0.2, 0.25) is 0 Å². The lowest BCUT2D eigenvalue weighted by Gasteiger charge is -2.18. The molecule has 0 fully saturated rings. The summed E-state index contributed by atoms with van der Waals surface area (Å²) in [6.45, 7) is 13.2. The van der Waals surface area contributed by atoms with Crippen molar-refractivity contribution in [2.24, 2.45) is 0 Å². The minimum atomic E-state index is -0.0205. The largest absolute Gasteiger partial charge is 0.253 e. The Hall–Kier alpha value is -4.70. The first-order valence-electron chi connectivity index (χ1n) is 14.6. The summed E-state index contributed by atoms with van der Waals surface area (Å²) in [7, 11) is 0. The van der Waals surface area contributed by atoms with E-state index in [1.807, 2.05) is 12.4 Å². The van der Waals surface area contributed by atoms with Gasteiger partial charge in [-0.1, -0.05) is 96.1 Å². The second kappa shape index (κ2) is 9.42. The first kappa shape index (κ1) is 26.2. The van der Waals surface area contributed by atoms with E-state index in [9.17, 15) is 0 Å². The molecule has 0 spiro atoms. The molecule has 7 rings (SSSR count). The van der Waals surface area contributed by atoms with Gasteiger partial charge in [0, 0.05) is 67.3 Å². The van der Waals surface area contributed by atoms with E-state index in [0.29, 0.717) is 0 Å². The Labute approximate surface area is 246 Å². The second-order valence-electron chi connectivity index (χ2n) is 13.3. The summed E-state index contributed by atoms with van der Waals surface area (Å²) in [5.41, 5.74) is 10.3. The van der Waals surface area contributed by atoms with Crippen LogP contribution in [0.25, 0.3) is 65.9 Å². The van der Waals surface area contributed by atoms with Gasteiger partial charge in [0.05, 0.1) is 22.1 Å². The van der Waals surface area contributed by atoms with E-state index in [1.54, 1.807) is 0 Å². The first-order chi connectivity index (χ1) is 20.0. The Balaban J connectivity index is 1.28. The lowest BCUT2D eigenvalue weighted by atomic mass is 9.91. The molecule has 0 saturated carbocycles. The predicted molar refractivity (Wildman–Crippen MR) is 176 cm³/mol. The highest BCUT2D eigenvalue weighted by Gasteiger charge is 2.18. The normalized spacial score (nSPS) is 12.5. The Morgan fingerprint density at radius 1 is 0.405 bits per heavy atom. The van der Waals surface area contributed by atoms with Crippen LogP contribution in [-0.2, 0) is 10.8 Å². The van der Waals surface area contributed by atoms with Crippen molar-refractivity contribution in [3.63, 3.8) is 0 Å². The van der Waals surface area contributed by atoms with Gasteiger partial charge in [0.15, 0.2) is 0 Å². The molecular formula is C38H34N4. The maximum Gasteiger partial charge on any atom is 0.0968 e. The Morgan fingerprint density at radius 2 is 0.810 bits per heavy atom. The molecule has 0 atom stereocenters. The molecule has 0 unspecified atom stereocenters. The third kappa shape index (κ3) is 4.57. The molecule has 3 aromatic carbocycles. The Kier molecular flexibility index (Phi) is 5.88. The van der Waals surface area contributed by atoms with Crippen LogP contribution in [0.2, 0.25) is 0 Å². The molecule has 0 saturated heterocycles. The van der Waals surface area contributed by atoms with Gasteiger partial charge in [0.1, 0.15) is 0 Å². The van der Waals surface area contributed by atoms with Crippen LogP contribution in [0, 0.1) is 0 Å². The first-order valence-corrected chi connectivity index (χ1v) is 14.6. The molecule has 0 radical (unpaired) electrons. The molecule has 0 aliphatic rings. The highest BCUT2D eigenvalue weighted by molar-refractivity contribution is 6.05. The number of fused-ring (bicyclic) bond motifs is 6. The Morgan fingerprint density at radius 3 is 1.24 bits per heavy atom. The van der Waals surface area contributed by atoms with Crippen molar-refractivity contribution >= 4 is 43.6 Å². The molecule has 0 amide bonds. The van der Waals surface area contributed by atoms with Crippen molar-refractivity contribution in [1.29, 1.82) is 0 Å². The zero-order valence-corrected chi connectivity index (χ0v) is 25.0. The van der Waals surface area contributed by atoms with Crippen LogP contribution in [0.3, 0.4) is 0 Å². The Bertz CT molecular complexity index is 2010. The van der Waals surface area contributed by atoms with E-state index in [4.69, 9.17) is 19.9 Å². The van der Waals surface area contributed by atoms with E-state index in [-0.39, 0.29) is 10.8 Å². The maximum absolute atomic E-state index is 5.02. The SMILES string of the molecule is CC(C)(C)c1ccc2ccc3cc(-c4cccc(-c5cnc6c(ccc7ccc(C(C)(C)C)nc76)c5)c4)cnc3c2n1. The quantitative estimate of drug-likeness (QED) is 0.203. The van der Waals surface area contributed by atoms with E-state index in [2.05, 4.69) is 126 Å². The molecule has 4 nitrogen and oxygen atoms in total. The van der Waals surface area contributed by atoms with Crippen LogP contribution < -0.4 is 0 Å². The smallest absolute Gasteiger partial charge is 0.0968 e. The molecule has 0 N–H and O–H groups in total. The monoisotopic (exact) mass is 546 g/mol. The highest BCUT2D eigenvalue weighted by atomic mass is 14.8. The van der Waals surface area contributed by atoms with Gasteiger partial charge in [-0.15, -0.1) is 0 Å². The van der Waals surface area contributed by atoms with Gasteiger partial charge in [-0.25, -0.2) is 9.97 Å². The average Bonchev–Trinajstić information content (AvgIpc) is 2.99. The molecule has 0 bridgehead atoms. The number of pyridine rings is 4. The summed E-state index contributed by atoms with van der Waals surface area (Å²) in [5, 5.41) is 4.40. The molecule has 4 heterocycles. The minimum Gasteiger partial charge on any atom is -0.253 e. The van der Waals surface area contributed by atoms with Crippen LogP contribution in [0.5, 0.6) is 0 Å². The van der Waals surface area contributed by atoms with E-state index in [0.717, 1.165) is 77.3 Å². The van der Waals surface area contributed by atoms with Gasteiger partial charge in [-0.3, -0.25) is 9.97 Å². The van der Waals surface area contributed by atoms with Crippen molar-refractivity contribution in [1.82, 2.24) is 19.9 Å². The van der Waals surface area contributed by atoms with Crippen molar-refractivity contribution in [3.8, 4) is 22.3 Å². The molecule has 206 valence electrons. The summed E-state index contributed by atoms with van der Waals surface area (Å²) in [4.78, 5) is 19.9. The van der Waals surface area contributed by atoms with Crippen LogP contribution in [0.15, 0.2) is 97.3 Å². The molecular weight excluding hydrogens is 512 g/mol. The molecule has 4 aromatic heterocycles. The molecule has 7 aromatic rings. The number of hydrogen-bond donors (Lipinski definition) is 0. The summed E-state index contributed by atoms with van der Waals surface area (Å²) in [5.74, 6) is 0. The number of rotatable bonds is 2. The van der Waals surface area contributed by atoms with Crippen molar-refractivity contribution in [3.05, 3.63) is 109 Å². The summed E-state index contributed by atoms with van der Waals surface area (Å²) >= 11 is 0. The van der Waals surface area contributed by atoms with Gasteiger partial charge < -0.3 is 0 Å². The highest BCUT2D eigenvalue weighted by Crippen LogP contribution is 2.33. The topological polar surface area (TPSA) is 51.6 Å². The molecule has 4 heteroatoms. The standard InChI is InChI=1S/C38H34N4/c1-37(2,3)31-16-14-23-10-12-27-19-29(21-39-33(27)35(23)41-31)25-8-7-9-26(18-25)30-20-28-13-11-24-15-17-32(38(4,5)6)42-36(24)34(28)40-22-30/h7-22H,1-6H3. The van der Waals surface area contributed by atoms with Gasteiger partial charge >= 0.3 is 0 Å². The van der Waals surface area contributed by atoms with Gasteiger partial charge in [0.25, 0.3) is 0 Å². The minimum absolute atomic E-state index is 0.0205. The summed E-state index contributed by atoms with van der Waals surface area (Å²) in [6.07, 6.45) is 3.94. The fraction of sp³-hybridized carbons (Fsp3) is 0.211. The summed E-state index contributed by atoms with van der Waals surface area (Å²) < 4.78 is 0. The predicted octanol–water partition coefficient (Wildman–Crippen LogP) is 9.81. The van der Waals surface area contributed by atoms with Gasteiger partial charge in [-0.05, 0) is 41.5 Å².